The van der Waals surface area contributed by atoms with Gasteiger partial charge in [0.1, 0.15) is 0 Å². The summed E-state index contributed by atoms with van der Waals surface area (Å²) in [5.41, 5.74) is 2.60. The first-order valence-electron chi connectivity index (χ1n) is 5.54. The summed E-state index contributed by atoms with van der Waals surface area (Å²) in [6, 6.07) is 17.1. The number of fused-ring (bicyclic) bond motifs is 1. The van der Waals surface area contributed by atoms with E-state index < -0.39 is 0 Å². The molecule has 0 saturated carbocycles. The van der Waals surface area contributed by atoms with Crippen LogP contribution in [0, 0.1) is 6.92 Å². The van der Waals surface area contributed by atoms with Crippen LogP contribution in [0.3, 0.4) is 0 Å². The number of rotatable bonds is 1. The highest BCUT2D eigenvalue weighted by Crippen LogP contribution is 2.51. The molecule has 1 aliphatic rings. The van der Waals surface area contributed by atoms with Gasteiger partial charge in [-0.1, -0.05) is 59.9 Å². The van der Waals surface area contributed by atoms with E-state index in [1.807, 2.05) is 23.5 Å². The molecular weight excluding hydrogens is 244 g/mol. The van der Waals surface area contributed by atoms with Gasteiger partial charge in [-0.2, -0.15) is 0 Å². The van der Waals surface area contributed by atoms with Crippen LogP contribution in [-0.2, 0) is 0 Å². The van der Waals surface area contributed by atoms with Gasteiger partial charge in [0, 0.05) is 9.79 Å². The smallest absolute Gasteiger partial charge is 0.0505 e. The van der Waals surface area contributed by atoms with Crippen LogP contribution in [0.25, 0.3) is 6.08 Å². The summed E-state index contributed by atoms with van der Waals surface area (Å²) in [6.07, 6.45) is 2.25. The molecule has 2 aromatic carbocycles. The van der Waals surface area contributed by atoms with E-state index in [4.69, 9.17) is 0 Å². The molecule has 0 unspecified atom stereocenters. The maximum Gasteiger partial charge on any atom is 0.0505 e. The van der Waals surface area contributed by atoms with Gasteiger partial charge in [-0.25, -0.2) is 0 Å². The first-order valence-corrected chi connectivity index (χ1v) is 7.18. The summed E-state index contributed by atoms with van der Waals surface area (Å²) in [5.74, 6) is 0. The van der Waals surface area contributed by atoms with Crippen molar-refractivity contribution in [3.63, 3.8) is 0 Å². The zero-order valence-corrected chi connectivity index (χ0v) is 11.1. The molecule has 0 N–H and O–H groups in total. The zero-order chi connectivity index (χ0) is 11.7. The Labute approximate surface area is 110 Å². The molecule has 0 amide bonds. The molecule has 0 bridgehead atoms. The van der Waals surface area contributed by atoms with E-state index in [0.717, 1.165) is 0 Å². The molecule has 0 aliphatic carbocycles. The van der Waals surface area contributed by atoms with E-state index in [1.54, 1.807) is 0 Å². The molecule has 1 heterocycles. The Morgan fingerprint density at radius 1 is 0.882 bits per heavy atom. The fraction of sp³-hybridized carbons (Fsp3) is 0.0667. The summed E-state index contributed by atoms with van der Waals surface area (Å²) in [5, 5.41) is 0. The van der Waals surface area contributed by atoms with Crippen LogP contribution in [0.4, 0.5) is 0 Å². The third kappa shape index (κ3) is 2.43. The summed E-state index contributed by atoms with van der Waals surface area (Å²) >= 11 is 3.73. The predicted molar refractivity (Wildman–Crippen MR) is 77.3 cm³/mol. The molecule has 0 spiro atoms. The molecule has 2 aromatic rings. The maximum atomic E-state index is 2.26. The van der Waals surface area contributed by atoms with Crippen molar-refractivity contribution in [1.82, 2.24) is 0 Å². The molecule has 2 heteroatoms. The van der Waals surface area contributed by atoms with Crippen molar-refractivity contribution in [3.8, 4) is 0 Å². The normalized spacial score (nSPS) is 16.2. The average molecular weight is 256 g/mol. The van der Waals surface area contributed by atoms with Crippen molar-refractivity contribution in [2.75, 3.05) is 0 Å². The lowest BCUT2D eigenvalue weighted by atomic mass is 10.2. The second-order valence-electron chi connectivity index (χ2n) is 4.03. The van der Waals surface area contributed by atoms with Crippen LogP contribution in [0.15, 0.2) is 62.6 Å². The molecule has 1 aliphatic heterocycles. The Morgan fingerprint density at radius 2 is 1.65 bits per heavy atom. The maximum absolute atomic E-state index is 2.26. The highest BCUT2D eigenvalue weighted by Gasteiger charge is 2.16. The molecule has 0 fully saturated rings. The highest BCUT2D eigenvalue weighted by molar-refractivity contribution is 8.24. The number of hydrogen-bond donors (Lipinski definition) is 0. The number of benzene rings is 2. The van der Waals surface area contributed by atoms with E-state index in [0.29, 0.717) is 0 Å². The second kappa shape index (κ2) is 4.63. The molecular formula is C15H12S2. The van der Waals surface area contributed by atoms with E-state index in [9.17, 15) is 0 Å². The summed E-state index contributed by atoms with van der Waals surface area (Å²) in [4.78, 5) is 2.76. The highest BCUT2D eigenvalue weighted by atomic mass is 32.2. The molecule has 17 heavy (non-hydrogen) atoms. The average Bonchev–Trinajstić information content (AvgIpc) is 2.71. The van der Waals surface area contributed by atoms with Gasteiger partial charge >= 0.3 is 0 Å². The Hall–Kier alpha value is -1.12. The van der Waals surface area contributed by atoms with Crippen molar-refractivity contribution < 1.29 is 0 Å². The lowest BCUT2D eigenvalue weighted by molar-refractivity contribution is 1.23. The summed E-state index contributed by atoms with van der Waals surface area (Å²) < 4.78 is 1.36. The van der Waals surface area contributed by atoms with Crippen molar-refractivity contribution in [2.45, 2.75) is 16.7 Å². The van der Waals surface area contributed by atoms with Crippen LogP contribution in [0.1, 0.15) is 11.1 Å². The monoisotopic (exact) mass is 256 g/mol. The van der Waals surface area contributed by atoms with Crippen molar-refractivity contribution in [2.24, 2.45) is 0 Å². The van der Waals surface area contributed by atoms with Gasteiger partial charge in [0.2, 0.25) is 0 Å². The molecule has 0 radical (unpaired) electrons. The molecule has 0 atom stereocenters. The standard InChI is InChI=1S/C15H12S2/c1-11-7-8-13-14(9-11)17-15(16-13)10-12-5-3-2-4-6-12/h2-10H,1H3. The van der Waals surface area contributed by atoms with E-state index in [-0.39, 0.29) is 0 Å². The van der Waals surface area contributed by atoms with Gasteiger partial charge in [-0.15, -0.1) is 0 Å². The SMILES string of the molecule is Cc1ccc2c(c1)SC(=Cc1ccccc1)S2. The van der Waals surface area contributed by atoms with E-state index in [1.165, 1.54) is 25.2 Å². The quantitative estimate of drug-likeness (QED) is 0.688. The van der Waals surface area contributed by atoms with Crippen molar-refractivity contribution >= 4 is 29.6 Å². The van der Waals surface area contributed by atoms with Crippen molar-refractivity contribution in [3.05, 3.63) is 63.9 Å². The fourth-order valence-electron chi connectivity index (χ4n) is 1.76. The minimum Gasteiger partial charge on any atom is -0.0815 e. The molecule has 0 nitrogen and oxygen atoms in total. The fourth-order valence-corrected chi connectivity index (χ4v) is 4.25. The Morgan fingerprint density at radius 3 is 2.47 bits per heavy atom. The number of thioether (sulfide) groups is 2. The van der Waals surface area contributed by atoms with Gasteiger partial charge < -0.3 is 0 Å². The molecule has 3 rings (SSSR count). The van der Waals surface area contributed by atoms with Crippen LogP contribution >= 0.6 is 23.5 Å². The third-order valence-electron chi connectivity index (χ3n) is 2.60. The minimum absolute atomic E-state index is 1.27. The topological polar surface area (TPSA) is 0 Å². The lowest BCUT2D eigenvalue weighted by Gasteiger charge is -1.95. The first kappa shape index (κ1) is 11.0. The predicted octanol–water partition coefficient (Wildman–Crippen LogP) is 5.19. The molecule has 0 aromatic heterocycles. The Bertz CT molecular complexity index is 571. The largest absolute Gasteiger partial charge is 0.0815 e. The Balaban J connectivity index is 1.89. The number of hydrogen-bond acceptors (Lipinski definition) is 2. The second-order valence-corrected chi connectivity index (χ2v) is 6.45. The number of aryl methyl sites for hydroxylation is 1. The van der Waals surface area contributed by atoms with E-state index in [2.05, 4.69) is 61.5 Å². The van der Waals surface area contributed by atoms with Gasteiger partial charge in [0.25, 0.3) is 0 Å². The zero-order valence-electron chi connectivity index (χ0n) is 9.51. The van der Waals surface area contributed by atoms with Crippen LogP contribution in [-0.4, -0.2) is 0 Å². The summed E-state index contributed by atoms with van der Waals surface area (Å²) in [7, 11) is 0. The first-order chi connectivity index (χ1) is 8.31. The molecule has 84 valence electrons. The minimum atomic E-state index is 1.27. The van der Waals surface area contributed by atoms with Gasteiger partial charge in [-0.05, 0) is 36.3 Å². The van der Waals surface area contributed by atoms with Gasteiger partial charge in [0.05, 0.1) is 4.24 Å². The van der Waals surface area contributed by atoms with Crippen LogP contribution in [0.2, 0.25) is 0 Å². The van der Waals surface area contributed by atoms with Crippen LogP contribution < -0.4 is 0 Å². The van der Waals surface area contributed by atoms with Gasteiger partial charge in [-0.3, -0.25) is 0 Å². The van der Waals surface area contributed by atoms with E-state index >= 15 is 0 Å². The Kier molecular flexibility index (Phi) is 3.00. The lowest BCUT2D eigenvalue weighted by Crippen LogP contribution is -1.73. The summed E-state index contributed by atoms with van der Waals surface area (Å²) in [6.45, 7) is 2.14. The molecule has 0 saturated heterocycles. The third-order valence-corrected chi connectivity index (χ3v) is 5.01. The van der Waals surface area contributed by atoms with Crippen LogP contribution in [0.5, 0.6) is 0 Å². The van der Waals surface area contributed by atoms with Crippen molar-refractivity contribution in [1.29, 1.82) is 0 Å². The van der Waals surface area contributed by atoms with Gasteiger partial charge in [0.15, 0.2) is 0 Å².